The highest BCUT2D eigenvalue weighted by Crippen LogP contribution is 2.43. The van der Waals surface area contributed by atoms with Crippen LogP contribution >= 0.6 is 0 Å². The first-order valence-electron chi connectivity index (χ1n) is 12.3. The molecular formula is C28H25F5N4O2. The van der Waals surface area contributed by atoms with Crippen LogP contribution in [0.3, 0.4) is 0 Å². The summed E-state index contributed by atoms with van der Waals surface area (Å²) in [5, 5.41) is 0. The van der Waals surface area contributed by atoms with E-state index in [1.54, 1.807) is 36.4 Å². The largest absolute Gasteiger partial charge is 0.469 e. The van der Waals surface area contributed by atoms with E-state index in [0.717, 1.165) is 17.8 Å². The molecular weight excluding hydrogens is 519 g/mol. The summed E-state index contributed by atoms with van der Waals surface area (Å²) >= 11 is 0. The smallest absolute Gasteiger partial charge is 0.416 e. The molecule has 2 aliphatic heterocycles. The maximum absolute atomic E-state index is 15.3. The van der Waals surface area contributed by atoms with E-state index in [4.69, 9.17) is 9.73 Å². The van der Waals surface area contributed by atoms with Gasteiger partial charge in [0, 0.05) is 37.4 Å². The number of esters is 1. The number of alkyl halides is 3. The number of guanidine groups is 1. The number of para-hydroxylation sites is 1. The molecule has 0 radical (unpaired) electrons. The van der Waals surface area contributed by atoms with Gasteiger partial charge in [-0.3, -0.25) is 4.79 Å². The van der Waals surface area contributed by atoms with Crippen LogP contribution < -0.4 is 9.80 Å². The van der Waals surface area contributed by atoms with Crippen LogP contribution in [-0.4, -0.2) is 50.1 Å². The molecule has 0 saturated carbocycles. The number of carbonyl (C=O) groups excluding carboxylic acids is 1. The van der Waals surface area contributed by atoms with Crippen molar-refractivity contribution in [3.8, 4) is 0 Å². The van der Waals surface area contributed by atoms with Gasteiger partial charge in [-0.05, 0) is 48.5 Å². The van der Waals surface area contributed by atoms with Crippen LogP contribution in [0.25, 0.3) is 0 Å². The number of halogens is 5. The molecule has 0 aliphatic carbocycles. The molecule has 204 valence electrons. The monoisotopic (exact) mass is 544 g/mol. The van der Waals surface area contributed by atoms with Crippen molar-refractivity contribution in [1.29, 1.82) is 0 Å². The molecule has 1 unspecified atom stereocenters. The zero-order chi connectivity index (χ0) is 27.7. The Morgan fingerprint density at radius 3 is 2.28 bits per heavy atom. The fraction of sp³-hybridized carbons (Fsp3) is 0.286. The van der Waals surface area contributed by atoms with Crippen molar-refractivity contribution in [2.24, 2.45) is 4.99 Å². The fourth-order valence-corrected chi connectivity index (χ4v) is 4.94. The number of piperazine rings is 1. The molecule has 3 aromatic rings. The Bertz CT molecular complexity index is 1390. The molecule has 0 amide bonds. The number of anilines is 2. The second-order valence-corrected chi connectivity index (χ2v) is 9.25. The van der Waals surface area contributed by atoms with Crippen molar-refractivity contribution < 1.29 is 31.5 Å². The Morgan fingerprint density at radius 2 is 1.62 bits per heavy atom. The van der Waals surface area contributed by atoms with Crippen LogP contribution in [0.15, 0.2) is 71.7 Å². The minimum absolute atomic E-state index is 0.236. The summed E-state index contributed by atoms with van der Waals surface area (Å²) in [4.78, 5) is 22.5. The van der Waals surface area contributed by atoms with Gasteiger partial charge in [-0.1, -0.05) is 18.2 Å². The fourth-order valence-electron chi connectivity index (χ4n) is 4.94. The van der Waals surface area contributed by atoms with Gasteiger partial charge in [-0.25, -0.2) is 13.8 Å². The first-order chi connectivity index (χ1) is 18.7. The van der Waals surface area contributed by atoms with Crippen LogP contribution in [0.1, 0.15) is 23.6 Å². The topological polar surface area (TPSA) is 48.4 Å². The number of ether oxygens (including phenoxy) is 1. The van der Waals surface area contributed by atoms with E-state index in [2.05, 4.69) is 4.90 Å². The molecule has 1 atom stereocenters. The lowest BCUT2D eigenvalue weighted by Gasteiger charge is -2.45. The normalized spacial score (nSPS) is 17.5. The van der Waals surface area contributed by atoms with Gasteiger partial charge in [0.2, 0.25) is 5.96 Å². The van der Waals surface area contributed by atoms with Crippen LogP contribution in [0.5, 0.6) is 0 Å². The number of nitrogens with zero attached hydrogens (tertiary/aromatic N) is 4. The van der Waals surface area contributed by atoms with Gasteiger partial charge in [0.15, 0.2) is 0 Å². The van der Waals surface area contributed by atoms with E-state index in [-0.39, 0.29) is 23.9 Å². The van der Waals surface area contributed by atoms with E-state index in [0.29, 0.717) is 43.5 Å². The van der Waals surface area contributed by atoms with Crippen molar-refractivity contribution in [2.45, 2.75) is 18.6 Å². The molecule has 5 rings (SSSR count). The first-order valence-corrected chi connectivity index (χ1v) is 12.3. The predicted octanol–water partition coefficient (Wildman–Crippen LogP) is 5.92. The third-order valence-corrected chi connectivity index (χ3v) is 6.92. The molecule has 0 N–H and O–H groups in total. The van der Waals surface area contributed by atoms with Crippen molar-refractivity contribution in [3.05, 3.63) is 89.5 Å². The maximum Gasteiger partial charge on any atom is 0.416 e. The number of rotatable bonds is 4. The van der Waals surface area contributed by atoms with Gasteiger partial charge in [0.25, 0.3) is 0 Å². The molecule has 11 heteroatoms. The van der Waals surface area contributed by atoms with Crippen molar-refractivity contribution >= 4 is 29.0 Å². The summed E-state index contributed by atoms with van der Waals surface area (Å²) in [7, 11) is 1.22. The Morgan fingerprint density at radius 1 is 0.949 bits per heavy atom. The highest BCUT2D eigenvalue weighted by atomic mass is 19.4. The van der Waals surface area contributed by atoms with Crippen LogP contribution in [0.4, 0.5) is 39.0 Å². The zero-order valence-corrected chi connectivity index (χ0v) is 21.0. The quantitative estimate of drug-likeness (QED) is 0.302. The van der Waals surface area contributed by atoms with Crippen molar-refractivity contribution in [3.63, 3.8) is 0 Å². The highest BCUT2D eigenvalue weighted by Gasteiger charge is 2.39. The lowest BCUT2D eigenvalue weighted by atomic mass is 9.97. The summed E-state index contributed by atoms with van der Waals surface area (Å²) < 4.78 is 74.6. The number of fused-ring (bicyclic) bond motifs is 1. The Hall–Kier alpha value is -4.15. The van der Waals surface area contributed by atoms with E-state index >= 15 is 4.39 Å². The lowest BCUT2D eigenvalue weighted by molar-refractivity contribution is -0.141. The van der Waals surface area contributed by atoms with Gasteiger partial charge in [0.1, 0.15) is 11.6 Å². The second-order valence-electron chi connectivity index (χ2n) is 9.25. The van der Waals surface area contributed by atoms with E-state index in [1.165, 1.54) is 24.1 Å². The van der Waals surface area contributed by atoms with E-state index < -0.39 is 29.6 Å². The molecule has 0 aromatic heterocycles. The average molecular weight is 545 g/mol. The van der Waals surface area contributed by atoms with Gasteiger partial charge >= 0.3 is 12.1 Å². The molecule has 6 nitrogen and oxygen atoms in total. The number of aliphatic imine (C=N–C) groups is 1. The molecule has 39 heavy (non-hydrogen) atoms. The molecule has 0 bridgehead atoms. The lowest BCUT2D eigenvalue weighted by Crippen LogP contribution is -2.55. The third kappa shape index (κ3) is 5.39. The van der Waals surface area contributed by atoms with Gasteiger partial charge in [0.05, 0.1) is 36.5 Å². The molecule has 2 aliphatic rings. The van der Waals surface area contributed by atoms with Gasteiger partial charge < -0.3 is 19.4 Å². The van der Waals surface area contributed by atoms with Crippen molar-refractivity contribution in [1.82, 2.24) is 4.90 Å². The standard InChI is InChI=1S/C28H25F5N4O2/c1-39-26(38)17-24-21-4-2-3-5-23(21)34-27(37(24)25-16-18(28(31,32)33)6-11-22(25)30)36-14-12-35(13-15-36)20-9-7-19(29)8-10-20/h2-11,16,24H,12-15,17H2,1H3. The molecule has 2 heterocycles. The number of benzene rings is 3. The van der Waals surface area contributed by atoms with Gasteiger partial charge in [-0.15, -0.1) is 0 Å². The minimum atomic E-state index is -4.70. The van der Waals surface area contributed by atoms with Crippen LogP contribution in [0.2, 0.25) is 0 Å². The number of hydrogen-bond donors (Lipinski definition) is 0. The SMILES string of the molecule is COC(=O)CC1c2ccccc2N=C(N2CCN(c3ccc(F)cc3)CC2)N1c1cc(C(F)(F)F)ccc1F. The molecule has 3 aromatic carbocycles. The zero-order valence-electron chi connectivity index (χ0n) is 21.0. The highest BCUT2D eigenvalue weighted by molar-refractivity contribution is 6.01. The van der Waals surface area contributed by atoms with E-state index in [1.807, 2.05) is 4.90 Å². The van der Waals surface area contributed by atoms with E-state index in [9.17, 15) is 22.4 Å². The summed E-state index contributed by atoms with van der Waals surface area (Å²) in [6, 6.07) is 14.4. The third-order valence-electron chi connectivity index (χ3n) is 6.92. The summed E-state index contributed by atoms with van der Waals surface area (Å²) in [6.07, 6.45) is -4.94. The second kappa shape index (κ2) is 10.5. The number of hydrogen-bond acceptors (Lipinski definition) is 6. The summed E-state index contributed by atoms with van der Waals surface area (Å²) in [5.41, 5.74) is 0.568. The predicted molar refractivity (Wildman–Crippen MR) is 137 cm³/mol. The van der Waals surface area contributed by atoms with Crippen molar-refractivity contribution in [2.75, 3.05) is 43.1 Å². The summed E-state index contributed by atoms with van der Waals surface area (Å²) in [5.74, 6) is -1.59. The number of methoxy groups -OCH3 is 1. The first kappa shape index (κ1) is 26.5. The number of carbonyl (C=O) groups is 1. The maximum atomic E-state index is 15.3. The Labute approximate surface area is 221 Å². The summed E-state index contributed by atoms with van der Waals surface area (Å²) in [6.45, 7) is 1.82. The average Bonchev–Trinajstić information content (AvgIpc) is 2.93. The molecule has 1 fully saturated rings. The molecule has 0 spiro atoms. The minimum Gasteiger partial charge on any atom is -0.469 e. The van der Waals surface area contributed by atoms with Crippen LogP contribution in [-0.2, 0) is 15.7 Å². The van der Waals surface area contributed by atoms with Gasteiger partial charge in [-0.2, -0.15) is 13.2 Å². The Kier molecular flexibility index (Phi) is 7.16. The molecule has 1 saturated heterocycles. The van der Waals surface area contributed by atoms with Crippen LogP contribution in [0, 0.1) is 11.6 Å². The Balaban J connectivity index is 1.57.